The summed E-state index contributed by atoms with van der Waals surface area (Å²) in [4.78, 5) is 0. The van der Waals surface area contributed by atoms with Crippen molar-refractivity contribution in [3.63, 3.8) is 0 Å². The van der Waals surface area contributed by atoms with Crippen LogP contribution in [0.1, 0.15) is 62.3 Å². The molecule has 1 saturated carbocycles. The third-order valence-corrected chi connectivity index (χ3v) is 7.18. The van der Waals surface area contributed by atoms with Crippen LogP contribution in [-0.2, 0) is 0 Å². The van der Waals surface area contributed by atoms with Gasteiger partial charge in [-0.3, -0.25) is 0 Å². The first-order chi connectivity index (χ1) is 15.8. The molecule has 0 amide bonds. The Balaban J connectivity index is 1.59. The van der Waals surface area contributed by atoms with E-state index < -0.39 is 0 Å². The van der Waals surface area contributed by atoms with Crippen LogP contribution < -0.4 is 21.3 Å². The monoisotopic (exact) mass is 496 g/mol. The molecule has 1 fully saturated rings. The van der Waals surface area contributed by atoms with Gasteiger partial charge < -0.3 is 21.3 Å². The molecular formula is C28H40N4S2. The zero-order valence-electron chi connectivity index (χ0n) is 21.7. The van der Waals surface area contributed by atoms with E-state index >= 15 is 0 Å². The van der Waals surface area contributed by atoms with Crippen molar-refractivity contribution in [2.24, 2.45) is 10.8 Å². The van der Waals surface area contributed by atoms with E-state index in [0.717, 1.165) is 37.2 Å². The Morgan fingerprint density at radius 2 is 1.35 bits per heavy atom. The lowest BCUT2D eigenvalue weighted by Gasteiger charge is -2.47. The fourth-order valence-electron chi connectivity index (χ4n) is 5.58. The molecule has 2 aromatic carbocycles. The number of hydrogen-bond acceptors (Lipinski definition) is 2. The molecule has 4 nitrogen and oxygen atoms in total. The molecule has 0 aliphatic heterocycles. The molecule has 0 radical (unpaired) electrons. The molecule has 1 aliphatic carbocycles. The highest BCUT2D eigenvalue weighted by molar-refractivity contribution is 7.80. The molecule has 0 saturated heterocycles. The summed E-state index contributed by atoms with van der Waals surface area (Å²) >= 11 is 11.3. The van der Waals surface area contributed by atoms with Crippen molar-refractivity contribution < 1.29 is 0 Å². The van der Waals surface area contributed by atoms with E-state index in [-0.39, 0.29) is 10.8 Å². The Kier molecular flexibility index (Phi) is 8.25. The maximum atomic E-state index is 5.69. The van der Waals surface area contributed by atoms with Crippen LogP contribution in [0, 0.1) is 38.5 Å². The van der Waals surface area contributed by atoms with Gasteiger partial charge in [-0.2, -0.15) is 0 Å². The topological polar surface area (TPSA) is 48.1 Å². The van der Waals surface area contributed by atoms with E-state index in [9.17, 15) is 0 Å². The predicted molar refractivity (Wildman–Crippen MR) is 155 cm³/mol. The van der Waals surface area contributed by atoms with Crippen molar-refractivity contribution in [1.82, 2.24) is 10.6 Å². The SMILES string of the molecule is Cc1ccc(NC(=S)NC[C@@]2(C)C[C@@H](NC(=S)Nc3ccc(C)cc3C)CC(C)(C)C2)c(C)c1. The summed E-state index contributed by atoms with van der Waals surface area (Å²) in [6.07, 6.45) is 3.25. The minimum Gasteiger partial charge on any atom is -0.362 e. The number of benzene rings is 2. The molecule has 1 aliphatic rings. The van der Waals surface area contributed by atoms with Crippen molar-refractivity contribution >= 4 is 46.0 Å². The van der Waals surface area contributed by atoms with Crippen LogP contribution in [-0.4, -0.2) is 22.8 Å². The summed E-state index contributed by atoms with van der Waals surface area (Å²) in [6, 6.07) is 13.1. The first-order valence-electron chi connectivity index (χ1n) is 12.1. The molecular weight excluding hydrogens is 456 g/mol. The standard InChI is InChI=1S/C28H40N4S2/c1-18-8-10-23(20(3)12-18)31-25(33)29-17-28(7)15-22(14-27(5,6)16-28)30-26(34)32-24-11-9-19(2)13-21(24)4/h8-13,22H,14-17H2,1-7H3,(H2,29,31,33)(H2,30,32,34)/t22-,28-/m0/s1. The molecule has 34 heavy (non-hydrogen) atoms. The first kappa shape index (κ1) is 26.4. The second kappa shape index (κ2) is 10.6. The lowest BCUT2D eigenvalue weighted by Crippen LogP contribution is -2.51. The number of rotatable bonds is 5. The van der Waals surface area contributed by atoms with Gasteiger partial charge in [-0.15, -0.1) is 0 Å². The van der Waals surface area contributed by atoms with E-state index in [2.05, 4.69) is 106 Å². The van der Waals surface area contributed by atoms with Gasteiger partial charge in [0.25, 0.3) is 0 Å². The van der Waals surface area contributed by atoms with Gasteiger partial charge >= 0.3 is 0 Å². The number of thiocarbonyl (C=S) groups is 2. The Morgan fingerprint density at radius 1 is 0.824 bits per heavy atom. The molecule has 0 heterocycles. The van der Waals surface area contributed by atoms with Gasteiger partial charge in [0.15, 0.2) is 10.2 Å². The minimum atomic E-state index is 0.100. The Morgan fingerprint density at radius 3 is 1.88 bits per heavy atom. The van der Waals surface area contributed by atoms with Gasteiger partial charge in [0.2, 0.25) is 0 Å². The van der Waals surface area contributed by atoms with Gasteiger partial charge in [-0.25, -0.2) is 0 Å². The summed E-state index contributed by atoms with van der Waals surface area (Å²) in [6.45, 7) is 16.3. The third kappa shape index (κ3) is 7.41. The molecule has 3 rings (SSSR count). The maximum Gasteiger partial charge on any atom is 0.171 e. The van der Waals surface area contributed by atoms with Crippen molar-refractivity contribution in [3.05, 3.63) is 58.7 Å². The van der Waals surface area contributed by atoms with Crippen molar-refractivity contribution in [1.29, 1.82) is 0 Å². The highest BCUT2D eigenvalue weighted by Crippen LogP contribution is 2.45. The second-order valence-corrected chi connectivity index (χ2v) is 12.1. The van der Waals surface area contributed by atoms with Gasteiger partial charge in [-0.05, 0) is 105 Å². The molecule has 0 spiro atoms. The second-order valence-electron chi connectivity index (χ2n) is 11.3. The molecule has 2 atom stereocenters. The van der Waals surface area contributed by atoms with E-state index in [1.807, 2.05) is 0 Å². The molecule has 6 heteroatoms. The van der Waals surface area contributed by atoms with E-state index in [0.29, 0.717) is 16.3 Å². The molecule has 0 unspecified atom stereocenters. The first-order valence-corrected chi connectivity index (χ1v) is 12.9. The molecule has 184 valence electrons. The predicted octanol–water partition coefficient (Wildman–Crippen LogP) is 6.78. The Bertz CT molecular complexity index is 1060. The normalized spacial score (nSPS) is 21.4. The highest BCUT2D eigenvalue weighted by atomic mass is 32.1. The lowest BCUT2D eigenvalue weighted by molar-refractivity contribution is 0.0807. The summed E-state index contributed by atoms with van der Waals surface area (Å²) in [7, 11) is 0. The van der Waals surface area contributed by atoms with Crippen LogP contribution in [0.25, 0.3) is 0 Å². The molecule has 0 bridgehead atoms. The van der Waals surface area contributed by atoms with Crippen LogP contribution in [0.3, 0.4) is 0 Å². The van der Waals surface area contributed by atoms with Gasteiger partial charge in [0, 0.05) is 24.0 Å². The van der Waals surface area contributed by atoms with Crippen LogP contribution >= 0.6 is 24.4 Å². The molecule has 0 aromatic heterocycles. The van der Waals surface area contributed by atoms with Crippen LogP contribution in [0.2, 0.25) is 0 Å². The quantitative estimate of drug-likeness (QED) is 0.342. The largest absolute Gasteiger partial charge is 0.362 e. The van der Waals surface area contributed by atoms with Gasteiger partial charge in [0.05, 0.1) is 0 Å². The van der Waals surface area contributed by atoms with E-state index in [1.165, 1.54) is 22.3 Å². The van der Waals surface area contributed by atoms with Crippen molar-refractivity contribution in [2.45, 2.75) is 73.8 Å². The lowest BCUT2D eigenvalue weighted by atomic mass is 9.62. The van der Waals surface area contributed by atoms with E-state index in [1.54, 1.807) is 0 Å². The Hall–Kier alpha value is -2.18. The smallest absolute Gasteiger partial charge is 0.171 e. The van der Waals surface area contributed by atoms with E-state index in [4.69, 9.17) is 24.4 Å². The van der Waals surface area contributed by atoms with Gasteiger partial charge in [-0.1, -0.05) is 56.2 Å². The molecule has 4 N–H and O–H groups in total. The van der Waals surface area contributed by atoms with Crippen molar-refractivity contribution in [3.8, 4) is 0 Å². The highest BCUT2D eigenvalue weighted by Gasteiger charge is 2.41. The fourth-order valence-corrected chi connectivity index (χ4v) is 6.04. The summed E-state index contributed by atoms with van der Waals surface area (Å²) in [5.74, 6) is 0. The van der Waals surface area contributed by atoms with Crippen LogP contribution in [0.15, 0.2) is 36.4 Å². The summed E-state index contributed by atoms with van der Waals surface area (Å²) in [5.41, 5.74) is 7.33. The molecule has 2 aromatic rings. The number of hydrogen-bond donors (Lipinski definition) is 4. The summed E-state index contributed by atoms with van der Waals surface area (Å²) in [5, 5.41) is 15.2. The minimum absolute atomic E-state index is 0.100. The maximum absolute atomic E-state index is 5.69. The van der Waals surface area contributed by atoms with Crippen molar-refractivity contribution in [2.75, 3.05) is 17.2 Å². The average Bonchev–Trinajstić information content (AvgIpc) is 2.69. The zero-order valence-corrected chi connectivity index (χ0v) is 23.3. The summed E-state index contributed by atoms with van der Waals surface area (Å²) < 4.78 is 0. The van der Waals surface area contributed by atoms with Crippen LogP contribution in [0.5, 0.6) is 0 Å². The van der Waals surface area contributed by atoms with Crippen LogP contribution in [0.4, 0.5) is 11.4 Å². The number of anilines is 2. The van der Waals surface area contributed by atoms with Gasteiger partial charge in [0.1, 0.15) is 0 Å². The third-order valence-electron chi connectivity index (χ3n) is 6.71. The number of nitrogens with one attached hydrogen (secondary N) is 4. The fraction of sp³-hybridized carbons (Fsp3) is 0.500. The average molecular weight is 497 g/mol. The zero-order chi connectivity index (χ0) is 25.1. The Labute approximate surface area is 216 Å². The number of aryl methyl sites for hydroxylation is 4.